The van der Waals surface area contributed by atoms with Crippen molar-refractivity contribution in [1.82, 2.24) is 0 Å². The summed E-state index contributed by atoms with van der Waals surface area (Å²) in [5.74, 6) is 0.980. The molecular formula is C11H14O3S2. The summed E-state index contributed by atoms with van der Waals surface area (Å²) in [6.07, 6.45) is 1.84. The van der Waals surface area contributed by atoms with E-state index in [0.29, 0.717) is 0 Å². The fraction of sp³-hybridized carbons (Fsp3) is 0.455. The molecule has 88 valence electrons. The molecule has 1 heterocycles. The monoisotopic (exact) mass is 258 g/mol. The third-order valence-electron chi connectivity index (χ3n) is 2.43. The summed E-state index contributed by atoms with van der Waals surface area (Å²) < 4.78 is 28.9. The molecule has 0 amide bonds. The maximum absolute atomic E-state index is 11.9. The summed E-state index contributed by atoms with van der Waals surface area (Å²) in [6.45, 7) is 1.92. The van der Waals surface area contributed by atoms with Crippen LogP contribution < -0.4 is 0 Å². The van der Waals surface area contributed by atoms with Crippen molar-refractivity contribution in [2.24, 2.45) is 0 Å². The predicted molar refractivity (Wildman–Crippen MR) is 64.9 cm³/mol. The van der Waals surface area contributed by atoms with Gasteiger partial charge >= 0.3 is 0 Å². The van der Waals surface area contributed by atoms with Crippen molar-refractivity contribution in [1.29, 1.82) is 0 Å². The summed E-state index contributed by atoms with van der Waals surface area (Å²) in [5, 5.41) is 0. The number of hydrogen-bond donors (Lipinski definition) is 0. The molecule has 16 heavy (non-hydrogen) atoms. The Kier molecular flexibility index (Phi) is 3.56. The van der Waals surface area contributed by atoms with Crippen LogP contribution in [0, 0.1) is 6.92 Å². The summed E-state index contributed by atoms with van der Waals surface area (Å²) in [7, 11) is -3.58. The molecule has 0 spiro atoms. The Bertz CT molecular complexity index is 445. The Morgan fingerprint density at radius 2 is 2.00 bits per heavy atom. The van der Waals surface area contributed by atoms with Crippen molar-refractivity contribution in [3.63, 3.8) is 0 Å². The third kappa shape index (κ3) is 2.78. The zero-order valence-corrected chi connectivity index (χ0v) is 10.7. The average Bonchev–Trinajstić information content (AvgIpc) is 2.70. The van der Waals surface area contributed by atoms with Crippen LogP contribution in [-0.2, 0) is 14.3 Å². The van der Waals surface area contributed by atoms with Gasteiger partial charge in [0, 0.05) is 0 Å². The van der Waals surface area contributed by atoms with E-state index in [2.05, 4.69) is 0 Å². The average molecular weight is 258 g/mol. The predicted octanol–water partition coefficient (Wildman–Crippen LogP) is 2.55. The lowest BCUT2D eigenvalue weighted by molar-refractivity contribution is 0.288. The quantitative estimate of drug-likeness (QED) is 0.782. The summed E-state index contributed by atoms with van der Waals surface area (Å²) in [4.78, 5) is 0.241. The molecule has 1 saturated heterocycles. The van der Waals surface area contributed by atoms with Crippen molar-refractivity contribution in [2.45, 2.75) is 30.1 Å². The highest BCUT2D eigenvalue weighted by Crippen LogP contribution is 2.30. The molecule has 1 fully saturated rings. The topological polar surface area (TPSA) is 43.4 Å². The molecule has 1 aromatic carbocycles. The molecule has 3 nitrogen and oxygen atoms in total. The van der Waals surface area contributed by atoms with Crippen molar-refractivity contribution >= 4 is 21.9 Å². The highest BCUT2D eigenvalue weighted by atomic mass is 32.2. The van der Waals surface area contributed by atoms with Gasteiger partial charge in [-0.25, -0.2) is 0 Å². The van der Waals surface area contributed by atoms with Gasteiger partial charge in [-0.05, 0) is 37.7 Å². The van der Waals surface area contributed by atoms with Gasteiger partial charge in [-0.15, -0.1) is 11.8 Å². The van der Waals surface area contributed by atoms with E-state index in [0.717, 1.165) is 24.2 Å². The van der Waals surface area contributed by atoms with Gasteiger partial charge in [0.2, 0.25) is 0 Å². The van der Waals surface area contributed by atoms with Gasteiger partial charge < -0.3 is 0 Å². The van der Waals surface area contributed by atoms with E-state index in [4.69, 9.17) is 4.18 Å². The van der Waals surface area contributed by atoms with Crippen molar-refractivity contribution in [3.05, 3.63) is 29.8 Å². The first-order chi connectivity index (χ1) is 7.58. The molecule has 5 heteroatoms. The van der Waals surface area contributed by atoms with E-state index in [1.807, 2.05) is 6.92 Å². The van der Waals surface area contributed by atoms with Gasteiger partial charge in [0.05, 0.1) is 4.90 Å². The number of hydrogen-bond acceptors (Lipinski definition) is 4. The zero-order chi connectivity index (χ0) is 11.6. The smallest absolute Gasteiger partial charge is 0.252 e. The van der Waals surface area contributed by atoms with Crippen LogP contribution in [0.2, 0.25) is 0 Å². The summed E-state index contributed by atoms with van der Waals surface area (Å²) in [5.41, 5.74) is 0.834. The second-order valence-electron chi connectivity index (χ2n) is 3.81. The Hall–Kier alpha value is -0.520. The first kappa shape index (κ1) is 12.0. The molecule has 0 aromatic heterocycles. The SMILES string of the molecule is Cc1ccc(S(=O)(=O)O[C@H]2CCCS2)cc1. The first-order valence-corrected chi connectivity index (χ1v) is 7.65. The number of rotatable bonds is 3. The number of thioether (sulfide) groups is 1. The molecule has 1 atom stereocenters. The van der Waals surface area contributed by atoms with E-state index in [1.54, 1.807) is 36.0 Å². The molecule has 1 aliphatic rings. The van der Waals surface area contributed by atoms with Gasteiger partial charge in [-0.2, -0.15) is 8.42 Å². The lowest BCUT2D eigenvalue weighted by Crippen LogP contribution is -2.13. The van der Waals surface area contributed by atoms with Crippen molar-refractivity contribution in [3.8, 4) is 0 Å². The van der Waals surface area contributed by atoms with Crippen LogP contribution in [-0.4, -0.2) is 19.6 Å². The molecule has 0 bridgehead atoms. The number of benzene rings is 1. The molecular weight excluding hydrogens is 244 g/mol. The van der Waals surface area contributed by atoms with Crippen LogP contribution in [0.4, 0.5) is 0 Å². The van der Waals surface area contributed by atoms with E-state index >= 15 is 0 Å². The lowest BCUT2D eigenvalue weighted by atomic mass is 10.2. The fourth-order valence-corrected chi connectivity index (χ4v) is 3.95. The van der Waals surface area contributed by atoms with E-state index in [9.17, 15) is 8.42 Å². The standard InChI is InChI=1S/C11H14O3S2/c1-9-4-6-10(7-5-9)16(12,13)14-11-3-2-8-15-11/h4-7,11H,2-3,8H2,1H3/t11-/m1/s1. The molecule has 0 radical (unpaired) electrons. The van der Waals surface area contributed by atoms with Crippen LogP contribution in [0.5, 0.6) is 0 Å². The minimum Gasteiger partial charge on any atom is -0.252 e. The highest BCUT2D eigenvalue weighted by molar-refractivity contribution is 8.00. The van der Waals surface area contributed by atoms with Crippen LogP contribution in [0.3, 0.4) is 0 Å². The third-order valence-corrected chi connectivity index (χ3v) is 5.12. The maximum Gasteiger partial charge on any atom is 0.298 e. The van der Waals surface area contributed by atoms with E-state index in [-0.39, 0.29) is 10.3 Å². The molecule has 0 aliphatic carbocycles. The second kappa shape index (κ2) is 4.77. The Balaban J connectivity index is 2.14. The van der Waals surface area contributed by atoms with Crippen LogP contribution in [0.15, 0.2) is 29.2 Å². The number of aryl methyl sites for hydroxylation is 1. The molecule has 1 aromatic rings. The first-order valence-electron chi connectivity index (χ1n) is 5.19. The molecule has 0 unspecified atom stereocenters. The van der Waals surface area contributed by atoms with Gasteiger partial charge in [0.15, 0.2) is 0 Å². The van der Waals surface area contributed by atoms with Crippen LogP contribution in [0.25, 0.3) is 0 Å². The molecule has 2 rings (SSSR count). The second-order valence-corrected chi connectivity index (χ2v) is 6.65. The summed E-state index contributed by atoms with van der Waals surface area (Å²) >= 11 is 1.57. The molecule has 0 saturated carbocycles. The lowest BCUT2D eigenvalue weighted by Gasteiger charge is -2.10. The Morgan fingerprint density at radius 1 is 1.31 bits per heavy atom. The largest absolute Gasteiger partial charge is 0.298 e. The zero-order valence-electron chi connectivity index (χ0n) is 9.05. The maximum atomic E-state index is 11.9. The minimum atomic E-state index is -3.58. The Labute approximate surface area is 100 Å². The van der Waals surface area contributed by atoms with Crippen molar-refractivity contribution < 1.29 is 12.6 Å². The van der Waals surface area contributed by atoms with Gasteiger partial charge in [-0.3, -0.25) is 4.18 Å². The Morgan fingerprint density at radius 3 is 2.56 bits per heavy atom. The molecule has 0 N–H and O–H groups in total. The van der Waals surface area contributed by atoms with Crippen LogP contribution in [0.1, 0.15) is 18.4 Å². The molecule has 1 aliphatic heterocycles. The van der Waals surface area contributed by atoms with Crippen molar-refractivity contribution in [2.75, 3.05) is 5.75 Å². The van der Waals surface area contributed by atoms with Crippen LogP contribution >= 0.6 is 11.8 Å². The normalized spacial score (nSPS) is 21.2. The highest BCUT2D eigenvalue weighted by Gasteiger charge is 2.24. The van der Waals surface area contributed by atoms with Gasteiger partial charge in [0.1, 0.15) is 5.44 Å². The van der Waals surface area contributed by atoms with Gasteiger partial charge in [0.25, 0.3) is 10.1 Å². The summed E-state index contributed by atoms with van der Waals surface area (Å²) in [6, 6.07) is 6.73. The van der Waals surface area contributed by atoms with Gasteiger partial charge in [-0.1, -0.05) is 17.7 Å². The fourth-order valence-electron chi connectivity index (χ4n) is 1.53. The van der Waals surface area contributed by atoms with E-state index in [1.165, 1.54) is 0 Å². The minimum absolute atomic E-state index is 0.202. The van der Waals surface area contributed by atoms with E-state index < -0.39 is 10.1 Å².